The third-order valence-corrected chi connectivity index (χ3v) is 6.43. The molecule has 0 bridgehead atoms. The summed E-state index contributed by atoms with van der Waals surface area (Å²) in [7, 11) is -3.76. The summed E-state index contributed by atoms with van der Waals surface area (Å²) in [5, 5.41) is 6.40. The second-order valence-electron chi connectivity index (χ2n) is 5.96. The maximum Gasteiger partial charge on any atom is 0.266 e. The fourth-order valence-corrected chi connectivity index (χ4v) is 4.69. The zero-order chi connectivity index (χ0) is 20.0. The zero-order valence-corrected chi connectivity index (χ0v) is 16.1. The predicted octanol–water partition coefficient (Wildman–Crippen LogP) is 1.69. The average Bonchev–Trinajstić information content (AvgIpc) is 3.40. The summed E-state index contributed by atoms with van der Waals surface area (Å²) in [6, 6.07) is 7.71. The third kappa shape index (κ3) is 2.94. The van der Waals surface area contributed by atoms with Crippen LogP contribution in [0, 0.1) is 0 Å². The second-order valence-corrected chi connectivity index (χ2v) is 8.53. The first-order valence-corrected chi connectivity index (χ1v) is 10.6. The van der Waals surface area contributed by atoms with E-state index in [-0.39, 0.29) is 15.6 Å². The van der Waals surface area contributed by atoms with Gasteiger partial charge < -0.3 is 0 Å². The molecule has 29 heavy (non-hydrogen) atoms. The van der Waals surface area contributed by atoms with E-state index in [1.54, 1.807) is 29.8 Å². The van der Waals surface area contributed by atoms with Crippen molar-refractivity contribution in [3.05, 3.63) is 71.0 Å². The Balaban J connectivity index is 1.54. The van der Waals surface area contributed by atoms with Crippen LogP contribution in [0.2, 0.25) is 0 Å². The Morgan fingerprint density at radius 1 is 1.03 bits per heavy atom. The van der Waals surface area contributed by atoms with Gasteiger partial charge in [0.1, 0.15) is 6.33 Å². The number of aromatic nitrogens is 6. The van der Waals surface area contributed by atoms with Crippen molar-refractivity contribution >= 4 is 43.2 Å². The summed E-state index contributed by atoms with van der Waals surface area (Å²) in [5.41, 5.74) is 0.799. The Bertz CT molecular complexity index is 1500. The molecule has 1 aromatic carbocycles. The Kier molecular flexibility index (Phi) is 3.89. The van der Waals surface area contributed by atoms with E-state index in [0.29, 0.717) is 22.4 Å². The quantitative estimate of drug-likeness (QED) is 0.464. The molecular weight excluding hydrogens is 414 g/mol. The van der Waals surface area contributed by atoms with Crippen LogP contribution in [0.1, 0.15) is 0 Å². The molecule has 0 spiro atoms. The van der Waals surface area contributed by atoms with E-state index in [2.05, 4.69) is 24.8 Å². The molecule has 4 aromatic heterocycles. The fraction of sp³-hybridized carbons (Fsp3) is 0. The van der Waals surface area contributed by atoms with E-state index in [0.717, 1.165) is 0 Å². The van der Waals surface area contributed by atoms with Crippen molar-refractivity contribution in [1.29, 1.82) is 0 Å². The van der Waals surface area contributed by atoms with Gasteiger partial charge in [0.05, 0.1) is 15.8 Å². The first-order valence-electron chi connectivity index (χ1n) is 8.26. The van der Waals surface area contributed by atoms with Crippen LogP contribution in [-0.4, -0.2) is 37.6 Å². The van der Waals surface area contributed by atoms with Crippen molar-refractivity contribution in [3.63, 3.8) is 0 Å². The van der Waals surface area contributed by atoms with Crippen LogP contribution in [0.5, 0.6) is 0 Å². The largest absolute Gasteiger partial charge is 0.284 e. The average molecular weight is 425 g/mol. The Hall–Kier alpha value is -3.64. The van der Waals surface area contributed by atoms with Crippen molar-refractivity contribution in [2.45, 2.75) is 4.90 Å². The van der Waals surface area contributed by atoms with Crippen molar-refractivity contribution < 1.29 is 8.42 Å². The smallest absolute Gasteiger partial charge is 0.266 e. The predicted molar refractivity (Wildman–Crippen MR) is 107 cm³/mol. The molecule has 10 nitrogen and oxygen atoms in total. The molecule has 0 amide bonds. The molecule has 0 saturated heterocycles. The summed E-state index contributed by atoms with van der Waals surface area (Å²) in [6.45, 7) is 0. The number of fused-ring (bicyclic) bond motifs is 3. The lowest BCUT2D eigenvalue weighted by Gasteiger charge is -2.09. The summed E-state index contributed by atoms with van der Waals surface area (Å²) >= 11 is 1.18. The molecule has 0 aliphatic rings. The number of rotatable bonds is 4. The number of pyridine rings is 1. The molecule has 1 N–H and O–H groups in total. The Morgan fingerprint density at radius 2 is 1.86 bits per heavy atom. The molecule has 0 atom stereocenters. The minimum absolute atomic E-state index is 0.0660. The first kappa shape index (κ1) is 17.5. The normalized spacial score (nSPS) is 11.9. The number of thiazole rings is 1. The summed E-state index contributed by atoms with van der Waals surface area (Å²) in [6.07, 6.45) is 5.93. The van der Waals surface area contributed by atoms with Gasteiger partial charge in [-0.05, 0) is 30.3 Å². The monoisotopic (exact) mass is 425 g/mol. The highest BCUT2D eigenvalue weighted by Gasteiger charge is 2.16. The van der Waals surface area contributed by atoms with E-state index in [9.17, 15) is 13.2 Å². The molecule has 12 heteroatoms. The molecule has 0 unspecified atom stereocenters. The maximum atomic E-state index is 12.9. The van der Waals surface area contributed by atoms with Gasteiger partial charge in [-0.1, -0.05) is 0 Å². The van der Waals surface area contributed by atoms with E-state index in [1.165, 1.54) is 51.3 Å². The molecule has 144 valence electrons. The number of benzene rings is 1. The number of nitrogens with one attached hydrogen (secondary N) is 1. The molecule has 0 aliphatic heterocycles. The molecule has 0 radical (unpaired) electrons. The molecule has 4 heterocycles. The van der Waals surface area contributed by atoms with Gasteiger partial charge in [-0.3, -0.25) is 14.1 Å². The van der Waals surface area contributed by atoms with E-state index >= 15 is 0 Å². The van der Waals surface area contributed by atoms with Crippen LogP contribution in [0.25, 0.3) is 22.4 Å². The van der Waals surface area contributed by atoms with Crippen LogP contribution < -0.4 is 10.3 Å². The van der Waals surface area contributed by atoms with Gasteiger partial charge in [-0.15, -0.1) is 11.3 Å². The van der Waals surface area contributed by atoms with Crippen molar-refractivity contribution in [1.82, 2.24) is 29.1 Å². The SMILES string of the molecule is O=c1c2cnc3ncnn3c2ccn1-c1ccc(S(=O)(=O)Nc2nccs2)cc1. The van der Waals surface area contributed by atoms with Gasteiger partial charge in [0, 0.05) is 29.7 Å². The Labute approximate surface area is 167 Å². The third-order valence-electron chi connectivity index (χ3n) is 4.25. The second kappa shape index (κ2) is 6.46. The van der Waals surface area contributed by atoms with E-state index in [4.69, 9.17) is 0 Å². The van der Waals surface area contributed by atoms with E-state index in [1.807, 2.05) is 0 Å². The topological polar surface area (TPSA) is 124 Å². The summed E-state index contributed by atoms with van der Waals surface area (Å²) in [4.78, 5) is 25.0. The van der Waals surface area contributed by atoms with Gasteiger partial charge in [0.2, 0.25) is 0 Å². The fourth-order valence-electron chi connectivity index (χ4n) is 2.90. The summed E-state index contributed by atoms with van der Waals surface area (Å²) in [5.74, 6) is 0.400. The van der Waals surface area contributed by atoms with Gasteiger partial charge in [0.25, 0.3) is 21.4 Å². The number of nitrogens with zero attached hydrogens (tertiary/aromatic N) is 6. The first-order chi connectivity index (χ1) is 14.0. The van der Waals surface area contributed by atoms with Gasteiger partial charge in [-0.2, -0.15) is 14.6 Å². The maximum absolute atomic E-state index is 12.9. The zero-order valence-electron chi connectivity index (χ0n) is 14.5. The minimum Gasteiger partial charge on any atom is -0.284 e. The molecule has 5 rings (SSSR count). The molecule has 0 fully saturated rings. The standard InChI is InChI=1S/C17H11N7O3S2/c25-15-13-9-19-16-20-10-21-24(16)14(13)5-7-23(15)11-1-3-12(4-2-11)29(26,27)22-17-18-6-8-28-17/h1-10H,(H,18,22). The molecule has 5 aromatic rings. The molecule has 0 aliphatic carbocycles. The van der Waals surface area contributed by atoms with Crippen molar-refractivity contribution in [2.75, 3.05) is 4.72 Å². The molecule has 0 saturated carbocycles. The lowest BCUT2D eigenvalue weighted by molar-refractivity contribution is 0.601. The summed E-state index contributed by atoms with van der Waals surface area (Å²) < 4.78 is 30.2. The lowest BCUT2D eigenvalue weighted by Crippen LogP contribution is -2.19. The Morgan fingerprint density at radius 3 is 2.62 bits per heavy atom. The number of hydrogen-bond acceptors (Lipinski definition) is 8. The lowest BCUT2D eigenvalue weighted by atomic mass is 10.2. The van der Waals surface area contributed by atoms with Gasteiger partial charge in [0.15, 0.2) is 5.13 Å². The van der Waals surface area contributed by atoms with Crippen LogP contribution in [-0.2, 0) is 10.0 Å². The highest BCUT2D eigenvalue weighted by atomic mass is 32.2. The van der Waals surface area contributed by atoms with Crippen molar-refractivity contribution in [2.24, 2.45) is 0 Å². The van der Waals surface area contributed by atoms with Crippen LogP contribution in [0.4, 0.5) is 5.13 Å². The number of anilines is 1. The minimum atomic E-state index is -3.76. The van der Waals surface area contributed by atoms with Crippen LogP contribution >= 0.6 is 11.3 Å². The highest BCUT2D eigenvalue weighted by Crippen LogP contribution is 2.19. The van der Waals surface area contributed by atoms with Crippen LogP contribution in [0.3, 0.4) is 0 Å². The number of sulfonamides is 1. The van der Waals surface area contributed by atoms with Crippen molar-refractivity contribution in [3.8, 4) is 5.69 Å². The van der Waals surface area contributed by atoms with Crippen LogP contribution in [0.15, 0.2) is 70.3 Å². The number of hydrogen-bond donors (Lipinski definition) is 1. The molecular formula is C17H11N7O3S2. The van der Waals surface area contributed by atoms with E-state index < -0.39 is 10.0 Å². The van der Waals surface area contributed by atoms with Gasteiger partial charge in [-0.25, -0.2) is 18.4 Å². The highest BCUT2D eigenvalue weighted by molar-refractivity contribution is 7.93. The van der Waals surface area contributed by atoms with Gasteiger partial charge >= 0.3 is 0 Å².